The fourth-order valence-corrected chi connectivity index (χ4v) is 2.32. The lowest BCUT2D eigenvalue weighted by Crippen LogP contribution is -2.22. The van der Waals surface area contributed by atoms with Gasteiger partial charge >= 0.3 is 6.18 Å². The van der Waals surface area contributed by atoms with Crippen molar-refractivity contribution in [1.29, 1.82) is 0 Å². The van der Waals surface area contributed by atoms with Crippen molar-refractivity contribution >= 4 is 23.2 Å². The zero-order chi connectivity index (χ0) is 14.2. The van der Waals surface area contributed by atoms with Crippen molar-refractivity contribution in [2.45, 2.75) is 6.18 Å². The molecule has 7 heteroatoms. The number of aromatic amines is 1. The molecule has 2 nitrogen and oxygen atoms in total. The minimum absolute atomic E-state index is 0.00995. The van der Waals surface area contributed by atoms with Gasteiger partial charge in [-0.3, -0.25) is 4.79 Å². The second kappa shape index (κ2) is 4.90. The first-order chi connectivity index (χ1) is 8.82. The molecule has 2 aromatic rings. The average Bonchev–Trinajstić information content (AvgIpc) is 2.26. The molecule has 0 aliphatic carbocycles. The molecule has 1 heterocycles. The number of hydrogen-bond acceptors (Lipinski definition) is 1. The van der Waals surface area contributed by atoms with Gasteiger partial charge in [0.1, 0.15) is 5.56 Å². The molecule has 0 spiro atoms. The minimum Gasteiger partial charge on any atom is -0.329 e. The van der Waals surface area contributed by atoms with Crippen molar-refractivity contribution in [2.24, 2.45) is 0 Å². The van der Waals surface area contributed by atoms with Crippen LogP contribution in [0.15, 0.2) is 35.3 Å². The molecule has 1 aromatic heterocycles. The Morgan fingerprint density at radius 2 is 1.63 bits per heavy atom. The van der Waals surface area contributed by atoms with Crippen LogP contribution in [-0.4, -0.2) is 4.98 Å². The Hall–Kier alpha value is -1.46. The molecule has 0 aliphatic heterocycles. The summed E-state index contributed by atoms with van der Waals surface area (Å²) in [5.74, 6) is 0. The number of halogens is 5. The highest BCUT2D eigenvalue weighted by molar-refractivity contribution is 6.39. The van der Waals surface area contributed by atoms with E-state index in [-0.39, 0.29) is 21.2 Å². The van der Waals surface area contributed by atoms with Crippen molar-refractivity contribution in [3.8, 4) is 11.1 Å². The molecular formula is C12H6Cl2F3NO. The monoisotopic (exact) mass is 307 g/mol. The Bertz CT molecular complexity index is 659. The molecule has 1 N–H and O–H groups in total. The van der Waals surface area contributed by atoms with Crippen LogP contribution in [0.4, 0.5) is 13.2 Å². The fraction of sp³-hybridized carbons (Fsp3) is 0.0833. The molecule has 0 aliphatic rings. The molecule has 100 valence electrons. The molecule has 1 aromatic carbocycles. The zero-order valence-corrected chi connectivity index (χ0v) is 10.7. The molecule has 2 rings (SSSR count). The molecule has 0 unspecified atom stereocenters. The Morgan fingerprint density at radius 3 is 2.16 bits per heavy atom. The number of rotatable bonds is 1. The summed E-state index contributed by atoms with van der Waals surface area (Å²) in [6.07, 6.45) is -3.68. The van der Waals surface area contributed by atoms with E-state index in [2.05, 4.69) is 0 Å². The third-order valence-electron chi connectivity index (χ3n) is 2.48. The maximum Gasteiger partial charge on any atom is 0.422 e. The Balaban J connectivity index is 2.85. The second-order valence-corrected chi connectivity index (χ2v) is 4.50. The minimum atomic E-state index is -4.80. The maximum absolute atomic E-state index is 13.0. The Morgan fingerprint density at radius 1 is 1.05 bits per heavy atom. The molecule has 0 bridgehead atoms. The van der Waals surface area contributed by atoms with Crippen LogP contribution in [0, 0.1) is 0 Å². The third-order valence-corrected chi connectivity index (χ3v) is 3.11. The lowest BCUT2D eigenvalue weighted by molar-refractivity contribution is -0.138. The van der Waals surface area contributed by atoms with Crippen molar-refractivity contribution in [1.82, 2.24) is 4.98 Å². The summed E-state index contributed by atoms with van der Waals surface area (Å²) in [5, 5.41) is 0.0900. The number of hydrogen-bond donors (Lipinski definition) is 1. The van der Waals surface area contributed by atoms with Crippen LogP contribution in [0.2, 0.25) is 10.0 Å². The first kappa shape index (κ1) is 14.0. The average molecular weight is 308 g/mol. The number of alkyl halides is 3. The molecule has 0 radical (unpaired) electrons. The van der Waals surface area contributed by atoms with Gasteiger partial charge in [0, 0.05) is 27.4 Å². The normalized spacial score (nSPS) is 11.6. The Labute approximate surface area is 115 Å². The van der Waals surface area contributed by atoms with Crippen molar-refractivity contribution in [3.05, 3.63) is 56.4 Å². The predicted molar refractivity (Wildman–Crippen MR) is 67.5 cm³/mol. The number of aromatic nitrogens is 1. The first-order valence-corrected chi connectivity index (χ1v) is 5.81. The summed E-state index contributed by atoms with van der Waals surface area (Å²) >= 11 is 11.7. The van der Waals surface area contributed by atoms with Gasteiger partial charge in [0.15, 0.2) is 0 Å². The zero-order valence-electron chi connectivity index (χ0n) is 9.18. The summed E-state index contributed by atoms with van der Waals surface area (Å²) < 4.78 is 38.9. The van der Waals surface area contributed by atoms with Gasteiger partial charge < -0.3 is 4.98 Å². The topological polar surface area (TPSA) is 32.9 Å². The molecule has 19 heavy (non-hydrogen) atoms. The van der Waals surface area contributed by atoms with E-state index in [1.165, 1.54) is 18.2 Å². The van der Waals surface area contributed by atoms with E-state index >= 15 is 0 Å². The third kappa shape index (κ3) is 2.62. The summed E-state index contributed by atoms with van der Waals surface area (Å²) in [6.45, 7) is 0. The van der Waals surface area contributed by atoms with Crippen LogP contribution < -0.4 is 5.56 Å². The van der Waals surface area contributed by atoms with Crippen LogP contribution in [0.3, 0.4) is 0 Å². The standard InChI is InChI=1S/C12H6Cl2F3NO/c13-7-2-1-3-8(14)9(7)6-4-5-18-11(19)10(6)12(15,16)17/h1-5H,(H,18,19). The van der Waals surface area contributed by atoms with Crippen molar-refractivity contribution < 1.29 is 13.2 Å². The molecular weight excluding hydrogens is 302 g/mol. The molecule has 0 fully saturated rings. The van der Waals surface area contributed by atoms with E-state index in [0.29, 0.717) is 0 Å². The summed E-state index contributed by atoms with van der Waals surface area (Å²) in [7, 11) is 0. The van der Waals surface area contributed by atoms with Crippen molar-refractivity contribution in [2.75, 3.05) is 0 Å². The second-order valence-electron chi connectivity index (χ2n) is 3.69. The van der Waals surface area contributed by atoms with Gasteiger partial charge in [-0.25, -0.2) is 0 Å². The van der Waals surface area contributed by atoms with Crippen molar-refractivity contribution in [3.63, 3.8) is 0 Å². The largest absolute Gasteiger partial charge is 0.422 e. The van der Waals surface area contributed by atoms with E-state index in [4.69, 9.17) is 23.2 Å². The summed E-state index contributed by atoms with van der Waals surface area (Å²) in [5.41, 5.74) is -2.90. The van der Waals surface area contributed by atoms with E-state index in [1.54, 1.807) is 0 Å². The number of nitrogens with one attached hydrogen (secondary N) is 1. The van der Waals surface area contributed by atoms with Gasteiger partial charge in [-0.05, 0) is 18.2 Å². The number of benzene rings is 1. The van der Waals surface area contributed by atoms with Gasteiger partial charge in [0.25, 0.3) is 5.56 Å². The summed E-state index contributed by atoms with van der Waals surface area (Å²) in [4.78, 5) is 13.4. The SMILES string of the molecule is O=c1[nH]ccc(-c2c(Cl)cccc2Cl)c1C(F)(F)F. The van der Waals surface area contributed by atoms with E-state index in [9.17, 15) is 18.0 Å². The predicted octanol–water partition coefficient (Wildman–Crippen LogP) is 4.37. The maximum atomic E-state index is 13.0. The molecule has 0 saturated carbocycles. The fourth-order valence-electron chi connectivity index (χ4n) is 1.72. The van der Waals surface area contributed by atoms with Crippen LogP contribution in [0.25, 0.3) is 11.1 Å². The van der Waals surface area contributed by atoms with Crippen LogP contribution >= 0.6 is 23.2 Å². The van der Waals surface area contributed by atoms with Gasteiger partial charge in [-0.2, -0.15) is 13.2 Å². The van der Waals surface area contributed by atoms with Crippen LogP contribution in [0.5, 0.6) is 0 Å². The number of pyridine rings is 1. The molecule has 0 atom stereocenters. The van der Waals surface area contributed by atoms with Crippen LogP contribution in [-0.2, 0) is 6.18 Å². The van der Waals surface area contributed by atoms with Gasteiger partial charge in [0.05, 0.1) is 0 Å². The van der Waals surface area contributed by atoms with Gasteiger partial charge in [-0.1, -0.05) is 29.3 Å². The number of H-pyrrole nitrogens is 1. The van der Waals surface area contributed by atoms with E-state index in [0.717, 1.165) is 12.3 Å². The lowest BCUT2D eigenvalue weighted by atomic mass is 10.0. The lowest BCUT2D eigenvalue weighted by Gasteiger charge is -2.13. The van der Waals surface area contributed by atoms with Gasteiger partial charge in [0.2, 0.25) is 0 Å². The highest BCUT2D eigenvalue weighted by atomic mass is 35.5. The Kier molecular flexibility index (Phi) is 3.60. The molecule has 0 saturated heterocycles. The quantitative estimate of drug-likeness (QED) is 0.834. The van der Waals surface area contributed by atoms with Crippen LogP contribution in [0.1, 0.15) is 5.56 Å². The van der Waals surface area contributed by atoms with E-state index < -0.39 is 17.3 Å². The summed E-state index contributed by atoms with van der Waals surface area (Å²) in [6, 6.07) is 5.44. The molecule has 0 amide bonds. The van der Waals surface area contributed by atoms with Gasteiger partial charge in [-0.15, -0.1) is 0 Å². The highest BCUT2D eigenvalue weighted by Crippen LogP contribution is 2.40. The first-order valence-electron chi connectivity index (χ1n) is 5.05. The van der Waals surface area contributed by atoms with E-state index in [1.807, 2.05) is 4.98 Å². The highest BCUT2D eigenvalue weighted by Gasteiger charge is 2.37. The smallest absolute Gasteiger partial charge is 0.329 e.